The number of nitrogens with one attached hydrogen (secondary N) is 1. The van der Waals surface area contributed by atoms with Crippen molar-refractivity contribution in [2.45, 2.75) is 4.90 Å². The van der Waals surface area contributed by atoms with Gasteiger partial charge in [-0.1, -0.05) is 47.5 Å². The van der Waals surface area contributed by atoms with E-state index in [-0.39, 0.29) is 5.91 Å². The Balaban J connectivity index is 1.18. The summed E-state index contributed by atoms with van der Waals surface area (Å²) in [6.45, 7) is 3.04. The number of amides is 1. The lowest BCUT2D eigenvalue weighted by Gasteiger charge is -2.33. The third-order valence-electron chi connectivity index (χ3n) is 5.61. The van der Waals surface area contributed by atoms with Crippen molar-refractivity contribution in [3.63, 3.8) is 0 Å². The minimum atomic E-state index is 0.0364. The van der Waals surface area contributed by atoms with Gasteiger partial charge in [0.2, 0.25) is 0 Å². The number of carbonyl (C=O) groups excluding carboxylic acids is 1. The van der Waals surface area contributed by atoms with Crippen LogP contribution in [0, 0.1) is 0 Å². The Kier molecular flexibility index (Phi) is 6.15. The molecule has 1 saturated heterocycles. The Hall–Kier alpha value is -2.44. The number of hydrogen-bond donors (Lipinski definition) is 1. The van der Waals surface area contributed by atoms with Crippen molar-refractivity contribution in [2.24, 2.45) is 0 Å². The molecule has 7 heteroatoms. The second-order valence-corrected chi connectivity index (χ2v) is 9.80. The van der Waals surface area contributed by atoms with Crippen LogP contribution in [0.1, 0.15) is 10.5 Å². The van der Waals surface area contributed by atoms with Crippen LogP contribution in [-0.2, 0) is 0 Å². The Bertz CT molecular complexity index is 1250. The van der Waals surface area contributed by atoms with Gasteiger partial charge in [-0.05, 0) is 71.6 Å². The molecule has 4 aromatic rings. The molecule has 0 bridgehead atoms. The summed E-state index contributed by atoms with van der Waals surface area (Å²) >= 11 is 13.8. The maximum Gasteiger partial charge on any atom is 0.270 e. The van der Waals surface area contributed by atoms with Gasteiger partial charge in [0.25, 0.3) is 5.91 Å². The molecular formula is C25H21Cl2N3OS. The van der Waals surface area contributed by atoms with Crippen molar-refractivity contribution in [1.29, 1.82) is 0 Å². The first-order valence-corrected chi connectivity index (χ1v) is 11.9. The molecule has 32 heavy (non-hydrogen) atoms. The topological polar surface area (TPSA) is 39.3 Å². The van der Waals surface area contributed by atoms with E-state index in [0.29, 0.717) is 23.8 Å². The smallest absolute Gasteiger partial charge is 0.270 e. The molecule has 1 aliphatic rings. The lowest BCUT2D eigenvalue weighted by molar-refractivity contribution is 0.0699. The minimum absolute atomic E-state index is 0.0364. The first kappa shape index (κ1) is 21.4. The number of H-pyrrole nitrogens is 1. The minimum Gasteiger partial charge on any atom is -0.351 e. The zero-order valence-electron chi connectivity index (χ0n) is 17.2. The molecule has 162 valence electrons. The summed E-state index contributed by atoms with van der Waals surface area (Å²) in [5.41, 5.74) is 3.86. The molecule has 1 aromatic heterocycles. The van der Waals surface area contributed by atoms with Crippen LogP contribution in [0.3, 0.4) is 0 Å². The van der Waals surface area contributed by atoms with Gasteiger partial charge in [0.05, 0.1) is 0 Å². The summed E-state index contributed by atoms with van der Waals surface area (Å²) in [7, 11) is 0. The average Bonchev–Trinajstić information content (AvgIpc) is 3.23. The van der Waals surface area contributed by atoms with Crippen LogP contribution < -0.4 is 0 Å². The molecular weight excluding hydrogens is 461 g/mol. The highest BCUT2D eigenvalue weighted by Gasteiger charge is 2.24. The first-order valence-electron chi connectivity index (χ1n) is 10.4. The van der Waals surface area contributed by atoms with Crippen LogP contribution in [0.2, 0.25) is 10.0 Å². The zero-order valence-corrected chi connectivity index (χ0v) is 19.6. The second kappa shape index (κ2) is 9.20. The van der Waals surface area contributed by atoms with E-state index < -0.39 is 0 Å². The Morgan fingerprint density at radius 3 is 2.09 bits per heavy atom. The summed E-state index contributed by atoms with van der Waals surface area (Å²) in [4.78, 5) is 19.3. The van der Waals surface area contributed by atoms with E-state index in [4.69, 9.17) is 23.2 Å². The van der Waals surface area contributed by atoms with Gasteiger partial charge in [0, 0.05) is 52.0 Å². The van der Waals surface area contributed by atoms with Gasteiger partial charge in [-0.25, -0.2) is 4.31 Å². The van der Waals surface area contributed by atoms with Crippen LogP contribution in [-0.4, -0.2) is 46.3 Å². The van der Waals surface area contributed by atoms with Crippen molar-refractivity contribution >= 4 is 52.0 Å². The monoisotopic (exact) mass is 481 g/mol. The largest absolute Gasteiger partial charge is 0.351 e. The van der Waals surface area contributed by atoms with E-state index >= 15 is 0 Å². The fourth-order valence-electron chi connectivity index (χ4n) is 3.87. The van der Waals surface area contributed by atoms with E-state index in [0.717, 1.165) is 34.6 Å². The number of aromatic amines is 1. The van der Waals surface area contributed by atoms with Crippen molar-refractivity contribution in [3.05, 3.63) is 88.5 Å². The molecule has 0 radical (unpaired) electrons. The predicted molar refractivity (Wildman–Crippen MR) is 134 cm³/mol. The molecule has 0 aliphatic carbocycles. The maximum atomic E-state index is 12.9. The van der Waals surface area contributed by atoms with Gasteiger partial charge in [-0.15, -0.1) is 0 Å². The molecule has 1 amide bonds. The van der Waals surface area contributed by atoms with Crippen molar-refractivity contribution in [2.75, 3.05) is 26.2 Å². The molecule has 0 atom stereocenters. The Morgan fingerprint density at radius 1 is 0.781 bits per heavy atom. The predicted octanol–water partition coefficient (Wildman–Crippen LogP) is 6.61. The van der Waals surface area contributed by atoms with Gasteiger partial charge in [0.15, 0.2) is 0 Å². The number of nitrogens with zero attached hydrogens (tertiary/aromatic N) is 2. The zero-order chi connectivity index (χ0) is 22.1. The van der Waals surface area contributed by atoms with E-state index in [1.807, 2.05) is 53.4 Å². The molecule has 5 rings (SSSR count). The summed E-state index contributed by atoms with van der Waals surface area (Å²) in [5.74, 6) is 0.0364. The van der Waals surface area contributed by atoms with Gasteiger partial charge in [0.1, 0.15) is 5.69 Å². The summed E-state index contributed by atoms with van der Waals surface area (Å²) in [6, 6.07) is 23.9. The fraction of sp³-hybridized carbons (Fsp3) is 0.160. The second-order valence-electron chi connectivity index (χ2n) is 7.76. The lowest BCUT2D eigenvalue weighted by atomic mass is 10.1. The van der Waals surface area contributed by atoms with Crippen LogP contribution in [0.15, 0.2) is 77.7 Å². The van der Waals surface area contributed by atoms with Crippen LogP contribution >= 0.6 is 35.1 Å². The third-order valence-corrected chi connectivity index (χ3v) is 7.20. The quantitative estimate of drug-likeness (QED) is 0.333. The van der Waals surface area contributed by atoms with Gasteiger partial charge in [-0.2, -0.15) is 0 Å². The van der Waals surface area contributed by atoms with Crippen LogP contribution in [0.25, 0.3) is 22.0 Å². The molecule has 3 aromatic carbocycles. The number of halogens is 2. The fourth-order valence-corrected chi connectivity index (χ4v) is 5.08. The number of piperazine rings is 1. The highest BCUT2D eigenvalue weighted by atomic mass is 35.5. The molecule has 1 N–H and O–H groups in total. The van der Waals surface area contributed by atoms with E-state index in [1.54, 1.807) is 11.9 Å². The molecule has 0 spiro atoms. The lowest BCUT2D eigenvalue weighted by Crippen LogP contribution is -2.46. The summed E-state index contributed by atoms with van der Waals surface area (Å²) < 4.78 is 2.31. The SMILES string of the molecule is O=C(c1cc2cc(Cl)ccc2[nH]1)N1CCN(Sc2ccc(-c3ccc(Cl)cc3)cc2)CC1. The van der Waals surface area contributed by atoms with E-state index in [9.17, 15) is 4.79 Å². The Labute approximate surface area is 201 Å². The normalized spacial score (nSPS) is 14.8. The summed E-state index contributed by atoms with van der Waals surface area (Å²) in [6.07, 6.45) is 0. The Morgan fingerprint density at radius 2 is 1.41 bits per heavy atom. The number of benzene rings is 3. The number of rotatable bonds is 4. The van der Waals surface area contributed by atoms with Crippen molar-refractivity contribution in [1.82, 2.24) is 14.2 Å². The average molecular weight is 482 g/mol. The molecule has 2 heterocycles. The molecule has 1 fully saturated rings. The molecule has 0 saturated carbocycles. The molecule has 0 unspecified atom stereocenters. The van der Waals surface area contributed by atoms with E-state index in [2.05, 4.69) is 33.6 Å². The van der Waals surface area contributed by atoms with E-state index in [1.165, 1.54) is 10.5 Å². The molecule has 4 nitrogen and oxygen atoms in total. The van der Waals surface area contributed by atoms with Crippen molar-refractivity contribution in [3.8, 4) is 11.1 Å². The first-order chi connectivity index (χ1) is 15.5. The number of carbonyl (C=O) groups is 1. The van der Waals surface area contributed by atoms with Gasteiger partial charge in [-0.3, -0.25) is 4.79 Å². The number of aromatic nitrogens is 1. The number of hydrogen-bond acceptors (Lipinski definition) is 3. The molecule has 1 aliphatic heterocycles. The summed E-state index contributed by atoms with van der Waals surface area (Å²) in [5, 5.41) is 2.37. The van der Waals surface area contributed by atoms with Gasteiger partial charge >= 0.3 is 0 Å². The third kappa shape index (κ3) is 4.66. The number of fused-ring (bicyclic) bond motifs is 1. The van der Waals surface area contributed by atoms with Crippen LogP contribution in [0.4, 0.5) is 0 Å². The highest BCUT2D eigenvalue weighted by Crippen LogP contribution is 2.28. The highest BCUT2D eigenvalue weighted by molar-refractivity contribution is 7.97. The van der Waals surface area contributed by atoms with Crippen LogP contribution in [0.5, 0.6) is 0 Å². The van der Waals surface area contributed by atoms with Gasteiger partial charge < -0.3 is 9.88 Å². The van der Waals surface area contributed by atoms with Crippen molar-refractivity contribution < 1.29 is 4.79 Å². The maximum absolute atomic E-state index is 12.9. The standard InChI is InChI=1S/C25H21Cl2N3OS/c26-20-5-1-17(2-6-20)18-3-8-22(9-4-18)32-30-13-11-29(12-14-30)25(31)24-16-19-15-21(27)7-10-23(19)28-24/h1-10,15-16,28H,11-14H2.